The third-order valence-electron chi connectivity index (χ3n) is 11.8. The van der Waals surface area contributed by atoms with Crippen molar-refractivity contribution in [2.75, 3.05) is 13.2 Å². The molecule has 0 aromatic rings. The van der Waals surface area contributed by atoms with Gasteiger partial charge in [0.25, 0.3) is 0 Å². The van der Waals surface area contributed by atoms with Crippen LogP contribution in [-0.2, 0) is 28.6 Å². The quantitative estimate of drug-likeness (QED) is 0.0262. The molecule has 0 aromatic carbocycles. The first-order valence-electron chi connectivity index (χ1n) is 27.1. The Hall–Kier alpha value is -2.63. The number of hydrogen-bond donors (Lipinski definition) is 0. The molecule has 0 N–H and O–H groups in total. The fraction of sp³-hybridized carbons (Fsp3) is 0.807. The summed E-state index contributed by atoms with van der Waals surface area (Å²) in [6, 6.07) is 0. The molecule has 0 fully saturated rings. The Balaban J connectivity index is 4.25. The number of rotatable bonds is 49. The number of unbranched alkanes of at least 4 members (excludes halogenated alkanes) is 30. The molecule has 0 radical (unpaired) electrons. The van der Waals surface area contributed by atoms with Gasteiger partial charge in [-0.2, -0.15) is 0 Å². The van der Waals surface area contributed by atoms with Gasteiger partial charge < -0.3 is 14.2 Å². The average molecular weight is 883 g/mol. The van der Waals surface area contributed by atoms with Gasteiger partial charge in [-0.25, -0.2) is 0 Å². The molecular weight excluding hydrogens is 781 g/mol. The highest BCUT2D eigenvalue weighted by atomic mass is 16.6. The molecule has 0 heterocycles. The van der Waals surface area contributed by atoms with Gasteiger partial charge in [-0.05, 0) is 83.5 Å². The average Bonchev–Trinajstić information content (AvgIpc) is 3.28. The summed E-state index contributed by atoms with van der Waals surface area (Å²) in [5.41, 5.74) is 0. The second kappa shape index (κ2) is 52.0. The molecule has 0 aliphatic rings. The minimum atomic E-state index is -0.777. The molecule has 1 atom stereocenters. The van der Waals surface area contributed by atoms with Gasteiger partial charge in [-0.15, -0.1) is 0 Å². The maximum absolute atomic E-state index is 12.8. The SMILES string of the molecule is CCCCCCC/C=C\C/C=C\C/C=C\CCCCCCCCC(=O)OCC(COC(=O)CCCCCCCCC)OC(=O)CCCCCCCCC/C=C\CCCCCCCC. The first kappa shape index (κ1) is 60.4. The van der Waals surface area contributed by atoms with Gasteiger partial charge in [0.2, 0.25) is 0 Å². The van der Waals surface area contributed by atoms with E-state index >= 15 is 0 Å². The second-order valence-corrected chi connectivity index (χ2v) is 18.1. The van der Waals surface area contributed by atoms with Crippen LogP contribution >= 0.6 is 0 Å². The van der Waals surface area contributed by atoms with Crippen molar-refractivity contribution >= 4 is 17.9 Å². The molecule has 0 rings (SSSR count). The molecule has 6 nitrogen and oxygen atoms in total. The van der Waals surface area contributed by atoms with Crippen molar-refractivity contribution in [1.82, 2.24) is 0 Å². The van der Waals surface area contributed by atoms with Gasteiger partial charge >= 0.3 is 17.9 Å². The molecule has 0 bridgehead atoms. The van der Waals surface area contributed by atoms with Crippen molar-refractivity contribution in [3.63, 3.8) is 0 Å². The van der Waals surface area contributed by atoms with Crippen LogP contribution in [0.1, 0.15) is 278 Å². The summed E-state index contributed by atoms with van der Waals surface area (Å²) in [6.45, 7) is 6.58. The molecule has 0 aliphatic carbocycles. The molecule has 366 valence electrons. The molecule has 63 heavy (non-hydrogen) atoms. The van der Waals surface area contributed by atoms with Crippen molar-refractivity contribution in [2.24, 2.45) is 0 Å². The van der Waals surface area contributed by atoms with Crippen molar-refractivity contribution in [1.29, 1.82) is 0 Å². The minimum Gasteiger partial charge on any atom is -0.462 e. The van der Waals surface area contributed by atoms with Crippen LogP contribution in [0.3, 0.4) is 0 Å². The Morgan fingerprint density at radius 1 is 0.317 bits per heavy atom. The van der Waals surface area contributed by atoms with Crippen molar-refractivity contribution in [3.05, 3.63) is 48.6 Å². The van der Waals surface area contributed by atoms with Gasteiger partial charge in [0, 0.05) is 19.3 Å². The van der Waals surface area contributed by atoms with E-state index in [9.17, 15) is 14.4 Å². The van der Waals surface area contributed by atoms with Crippen molar-refractivity contribution in [3.8, 4) is 0 Å². The Labute approximate surface area is 390 Å². The van der Waals surface area contributed by atoms with E-state index in [0.29, 0.717) is 19.3 Å². The van der Waals surface area contributed by atoms with E-state index in [4.69, 9.17) is 14.2 Å². The number of allylic oxidation sites excluding steroid dienone is 8. The third kappa shape index (κ3) is 50.2. The maximum Gasteiger partial charge on any atom is 0.306 e. The summed E-state index contributed by atoms with van der Waals surface area (Å²) in [5.74, 6) is -0.894. The maximum atomic E-state index is 12.8. The van der Waals surface area contributed by atoms with Gasteiger partial charge in [0.1, 0.15) is 13.2 Å². The lowest BCUT2D eigenvalue weighted by molar-refractivity contribution is -0.167. The van der Waals surface area contributed by atoms with E-state index in [0.717, 1.165) is 77.0 Å². The zero-order chi connectivity index (χ0) is 45.8. The standard InChI is InChI=1S/C57H102O6/c1-4-7-10-13-16-18-20-22-24-26-27-28-29-31-32-34-36-38-41-44-47-50-56(59)62-53-54(52-61-55(58)49-46-43-40-15-12-9-6-3)63-57(60)51-48-45-42-39-37-35-33-30-25-23-21-19-17-14-11-8-5-2/h20,22-23,25-27,29,31,54H,4-19,21,24,28,30,32-53H2,1-3H3/b22-20-,25-23-,27-26-,31-29-. The molecule has 0 saturated carbocycles. The molecule has 0 spiro atoms. The zero-order valence-electron chi connectivity index (χ0n) is 41.8. The fourth-order valence-corrected chi connectivity index (χ4v) is 7.68. The van der Waals surface area contributed by atoms with E-state index in [2.05, 4.69) is 69.4 Å². The number of carbonyl (C=O) groups is 3. The summed E-state index contributed by atoms with van der Waals surface area (Å²) in [4.78, 5) is 37.9. The molecule has 0 aromatic heterocycles. The smallest absolute Gasteiger partial charge is 0.306 e. The van der Waals surface area contributed by atoms with Crippen molar-refractivity contribution < 1.29 is 28.6 Å². The Kier molecular flexibility index (Phi) is 49.8. The lowest BCUT2D eigenvalue weighted by Crippen LogP contribution is -2.30. The van der Waals surface area contributed by atoms with Crippen LogP contribution in [0, 0.1) is 0 Å². The van der Waals surface area contributed by atoms with Crippen LogP contribution in [0.2, 0.25) is 0 Å². The molecular formula is C57H102O6. The zero-order valence-corrected chi connectivity index (χ0v) is 41.8. The molecule has 1 unspecified atom stereocenters. The Morgan fingerprint density at radius 2 is 0.571 bits per heavy atom. The van der Waals surface area contributed by atoms with Gasteiger partial charge in [0.05, 0.1) is 0 Å². The number of ether oxygens (including phenoxy) is 3. The molecule has 0 amide bonds. The Bertz CT molecular complexity index is 1110. The predicted octanol–water partition coefficient (Wildman–Crippen LogP) is 17.9. The first-order valence-corrected chi connectivity index (χ1v) is 27.1. The van der Waals surface area contributed by atoms with E-state index in [-0.39, 0.29) is 31.1 Å². The second-order valence-electron chi connectivity index (χ2n) is 18.1. The predicted molar refractivity (Wildman–Crippen MR) is 270 cm³/mol. The summed E-state index contributed by atoms with van der Waals surface area (Å²) < 4.78 is 16.7. The van der Waals surface area contributed by atoms with E-state index in [1.54, 1.807) is 0 Å². The van der Waals surface area contributed by atoms with E-state index in [1.165, 1.54) is 161 Å². The highest BCUT2D eigenvalue weighted by Crippen LogP contribution is 2.15. The minimum absolute atomic E-state index is 0.0779. The molecule has 0 saturated heterocycles. The van der Waals surface area contributed by atoms with E-state index in [1.807, 2.05) is 0 Å². The number of esters is 3. The fourth-order valence-electron chi connectivity index (χ4n) is 7.68. The van der Waals surface area contributed by atoms with Crippen molar-refractivity contribution in [2.45, 2.75) is 284 Å². The van der Waals surface area contributed by atoms with Crippen LogP contribution < -0.4 is 0 Å². The van der Waals surface area contributed by atoms with Gasteiger partial charge in [0.15, 0.2) is 6.10 Å². The van der Waals surface area contributed by atoms with Gasteiger partial charge in [-0.3, -0.25) is 14.4 Å². The topological polar surface area (TPSA) is 78.9 Å². The number of hydrogen-bond acceptors (Lipinski definition) is 6. The van der Waals surface area contributed by atoms with Crippen LogP contribution in [0.4, 0.5) is 0 Å². The number of carbonyl (C=O) groups excluding carboxylic acids is 3. The highest BCUT2D eigenvalue weighted by molar-refractivity contribution is 5.71. The lowest BCUT2D eigenvalue weighted by atomic mass is 10.1. The van der Waals surface area contributed by atoms with Crippen LogP contribution in [0.5, 0.6) is 0 Å². The highest BCUT2D eigenvalue weighted by Gasteiger charge is 2.19. The van der Waals surface area contributed by atoms with Crippen LogP contribution in [0.15, 0.2) is 48.6 Å². The summed E-state index contributed by atoms with van der Waals surface area (Å²) >= 11 is 0. The van der Waals surface area contributed by atoms with Gasteiger partial charge in [-0.1, -0.05) is 223 Å². The normalized spacial score (nSPS) is 12.4. The largest absolute Gasteiger partial charge is 0.462 e. The van der Waals surface area contributed by atoms with E-state index < -0.39 is 6.10 Å². The van der Waals surface area contributed by atoms with Crippen LogP contribution in [-0.4, -0.2) is 37.2 Å². The Morgan fingerprint density at radius 3 is 0.905 bits per heavy atom. The van der Waals surface area contributed by atoms with Crippen LogP contribution in [0.25, 0.3) is 0 Å². The summed E-state index contributed by atoms with van der Waals surface area (Å²) in [7, 11) is 0. The molecule has 0 aliphatic heterocycles. The first-order chi connectivity index (χ1) is 31.0. The molecule has 6 heteroatoms. The lowest BCUT2D eigenvalue weighted by Gasteiger charge is -2.18. The monoisotopic (exact) mass is 883 g/mol. The third-order valence-corrected chi connectivity index (χ3v) is 11.8. The summed E-state index contributed by atoms with van der Waals surface area (Å²) in [6.07, 6.45) is 62.5. The summed E-state index contributed by atoms with van der Waals surface area (Å²) in [5, 5.41) is 0.